The van der Waals surface area contributed by atoms with E-state index in [-0.39, 0.29) is 55.8 Å². The molecule has 0 unspecified atom stereocenters. The zero-order chi connectivity index (χ0) is 24.9. The van der Waals surface area contributed by atoms with Gasteiger partial charge >= 0.3 is 12.1 Å². The number of ether oxygens (including phenoxy) is 2. The van der Waals surface area contributed by atoms with E-state index in [4.69, 9.17) is 21.7 Å². The van der Waals surface area contributed by atoms with Gasteiger partial charge in [0, 0.05) is 31.8 Å². The summed E-state index contributed by atoms with van der Waals surface area (Å²) in [6.45, 7) is 1.12. The molecule has 3 heterocycles. The Morgan fingerprint density at radius 2 is 2.11 bits per heavy atom. The maximum atomic E-state index is 15.1. The first-order valence-electron chi connectivity index (χ1n) is 10.5. The van der Waals surface area contributed by atoms with Gasteiger partial charge in [-0.1, -0.05) is 11.3 Å². The molecule has 2 fully saturated rings. The van der Waals surface area contributed by atoms with Gasteiger partial charge in [0.2, 0.25) is 5.13 Å². The number of methoxy groups -OCH3 is 1. The molecule has 35 heavy (non-hydrogen) atoms. The molecule has 1 aromatic carbocycles. The van der Waals surface area contributed by atoms with Crippen LogP contribution in [0.1, 0.15) is 0 Å². The van der Waals surface area contributed by atoms with Crippen LogP contribution < -0.4 is 25.9 Å². The summed E-state index contributed by atoms with van der Waals surface area (Å²) in [7, 11) is 1.41. The lowest BCUT2D eigenvalue weighted by Crippen LogP contribution is -2.46. The molecule has 0 aliphatic carbocycles. The van der Waals surface area contributed by atoms with Gasteiger partial charge in [-0.2, -0.15) is 0 Å². The van der Waals surface area contributed by atoms with Gasteiger partial charge < -0.3 is 19.7 Å². The Labute approximate surface area is 208 Å². The van der Waals surface area contributed by atoms with Crippen LogP contribution in [0.2, 0.25) is 0 Å². The number of cyclic esters (lactones) is 1. The van der Waals surface area contributed by atoms with Crippen LogP contribution in [0.4, 0.5) is 34.9 Å². The van der Waals surface area contributed by atoms with Crippen molar-refractivity contribution in [2.45, 2.75) is 6.10 Å². The van der Waals surface area contributed by atoms with Crippen LogP contribution in [0, 0.1) is 11.6 Å². The number of nitrogens with one attached hydrogen (secondary N) is 3. The minimum absolute atomic E-state index is 0.0385. The molecule has 3 N–H and O–H groups in total. The Morgan fingerprint density at radius 3 is 2.80 bits per heavy atom. The molecule has 1 aromatic heterocycles. The first-order valence-corrected chi connectivity index (χ1v) is 11.8. The topological polar surface area (TPSA) is 124 Å². The molecule has 2 saturated heterocycles. The van der Waals surface area contributed by atoms with Crippen molar-refractivity contribution in [3.8, 4) is 0 Å². The summed E-state index contributed by atoms with van der Waals surface area (Å²) in [5.41, 5.74) is 4.21. The van der Waals surface area contributed by atoms with E-state index in [1.165, 1.54) is 33.9 Å². The number of anilines is 3. The van der Waals surface area contributed by atoms with Crippen LogP contribution in [0.25, 0.3) is 0 Å². The number of amides is 3. The highest BCUT2D eigenvalue weighted by Crippen LogP contribution is 2.31. The molecule has 0 saturated carbocycles. The van der Waals surface area contributed by atoms with Crippen molar-refractivity contribution in [2.75, 3.05) is 61.5 Å². The van der Waals surface area contributed by atoms with E-state index in [0.717, 1.165) is 17.0 Å². The van der Waals surface area contributed by atoms with Gasteiger partial charge in [-0.15, -0.1) is 10.2 Å². The van der Waals surface area contributed by atoms with Crippen LogP contribution in [-0.4, -0.2) is 85.0 Å². The second kappa shape index (κ2) is 10.9. The van der Waals surface area contributed by atoms with Crippen molar-refractivity contribution in [1.29, 1.82) is 0 Å². The van der Waals surface area contributed by atoms with E-state index in [1.54, 1.807) is 0 Å². The zero-order valence-corrected chi connectivity index (χ0v) is 20.1. The third kappa shape index (κ3) is 5.83. The maximum Gasteiger partial charge on any atom is 0.414 e. The Morgan fingerprint density at radius 1 is 1.34 bits per heavy atom. The number of nitrogens with zero attached hydrogens (tertiary/aromatic N) is 5. The van der Waals surface area contributed by atoms with Gasteiger partial charge in [0.05, 0.1) is 32.4 Å². The second-order valence-electron chi connectivity index (χ2n) is 7.47. The van der Waals surface area contributed by atoms with Crippen LogP contribution in [0.15, 0.2) is 17.6 Å². The monoisotopic (exact) mass is 528 g/mol. The van der Waals surface area contributed by atoms with E-state index in [1.807, 2.05) is 0 Å². The number of rotatable bonds is 5. The number of hydrogen-bond donors (Lipinski definition) is 3. The number of carbonyl (C=O) groups excluding carboxylic acids is 2. The van der Waals surface area contributed by atoms with Gasteiger partial charge in [0.15, 0.2) is 11.6 Å². The molecule has 12 nitrogen and oxygen atoms in total. The van der Waals surface area contributed by atoms with Crippen molar-refractivity contribution >= 4 is 57.4 Å². The molecule has 1 atom stereocenters. The van der Waals surface area contributed by atoms with Gasteiger partial charge in [0.25, 0.3) is 5.17 Å². The van der Waals surface area contributed by atoms with Crippen molar-refractivity contribution in [3.63, 3.8) is 0 Å². The number of urea groups is 1. The Hall–Kier alpha value is -3.37. The van der Waals surface area contributed by atoms with Crippen LogP contribution in [-0.2, 0) is 9.47 Å². The highest BCUT2D eigenvalue weighted by atomic mass is 32.1. The highest BCUT2D eigenvalue weighted by Gasteiger charge is 2.34. The summed E-state index contributed by atoms with van der Waals surface area (Å²) in [5, 5.41) is 14.6. The molecule has 3 amide bonds. The molecule has 2 aliphatic rings. The van der Waals surface area contributed by atoms with Crippen LogP contribution >= 0.6 is 23.6 Å². The van der Waals surface area contributed by atoms with Crippen LogP contribution in [0.3, 0.4) is 0 Å². The lowest BCUT2D eigenvalue weighted by atomic mass is 10.2. The molecule has 2 aromatic rings. The third-order valence-electron chi connectivity index (χ3n) is 5.26. The van der Waals surface area contributed by atoms with E-state index in [0.29, 0.717) is 5.13 Å². The second-order valence-corrected chi connectivity index (χ2v) is 8.67. The van der Waals surface area contributed by atoms with Crippen molar-refractivity contribution in [2.24, 2.45) is 0 Å². The lowest BCUT2D eigenvalue weighted by molar-refractivity contribution is 0.142. The smallest absolute Gasteiger partial charge is 0.414 e. The summed E-state index contributed by atoms with van der Waals surface area (Å²) < 4.78 is 40.2. The van der Waals surface area contributed by atoms with Crippen molar-refractivity contribution in [3.05, 3.63) is 29.3 Å². The van der Waals surface area contributed by atoms with Gasteiger partial charge in [-0.25, -0.2) is 23.8 Å². The van der Waals surface area contributed by atoms with Crippen LogP contribution in [0.5, 0.6) is 0 Å². The molecule has 188 valence electrons. The van der Waals surface area contributed by atoms with E-state index in [2.05, 4.69) is 26.3 Å². The number of hydrogen-bond acceptors (Lipinski definition) is 10. The zero-order valence-electron chi connectivity index (χ0n) is 18.5. The summed E-state index contributed by atoms with van der Waals surface area (Å²) in [4.78, 5) is 27.3. The Bertz CT molecular complexity index is 1070. The first kappa shape index (κ1) is 24.7. The number of benzene rings is 1. The first-order chi connectivity index (χ1) is 16.9. The minimum atomic E-state index is -0.832. The summed E-state index contributed by atoms with van der Waals surface area (Å²) in [6.07, 6.45) is -1.29. The largest absolute Gasteiger partial charge is 0.474 e. The van der Waals surface area contributed by atoms with Gasteiger partial charge in [-0.3, -0.25) is 15.2 Å². The highest BCUT2D eigenvalue weighted by molar-refractivity contribution is 7.80. The predicted octanol–water partition coefficient (Wildman–Crippen LogP) is 1.52. The van der Waals surface area contributed by atoms with E-state index >= 15 is 8.78 Å². The normalized spacial score (nSPS) is 18.2. The van der Waals surface area contributed by atoms with Gasteiger partial charge in [0.1, 0.15) is 17.3 Å². The summed E-state index contributed by atoms with van der Waals surface area (Å²) in [5.74, 6) is -1.66. The summed E-state index contributed by atoms with van der Waals surface area (Å²) >= 11 is 6.05. The summed E-state index contributed by atoms with van der Waals surface area (Å²) in [6, 6.07) is 1.73. The van der Waals surface area contributed by atoms with E-state index in [9.17, 15) is 9.59 Å². The number of hydrazine groups is 1. The van der Waals surface area contributed by atoms with Crippen molar-refractivity contribution in [1.82, 2.24) is 25.9 Å². The Balaban J connectivity index is 1.41. The number of aromatic nitrogens is 2. The molecule has 2 aliphatic heterocycles. The molecule has 16 heteroatoms. The molecule has 0 radical (unpaired) electrons. The Kier molecular flexibility index (Phi) is 7.72. The average molecular weight is 529 g/mol. The van der Waals surface area contributed by atoms with Gasteiger partial charge in [-0.05, 0) is 12.2 Å². The van der Waals surface area contributed by atoms with E-state index < -0.39 is 29.9 Å². The maximum absolute atomic E-state index is 15.1. The molecular weight excluding hydrogens is 506 g/mol. The predicted molar refractivity (Wildman–Crippen MR) is 127 cm³/mol. The van der Waals surface area contributed by atoms with Crippen molar-refractivity contribution < 1.29 is 27.8 Å². The molecule has 0 spiro atoms. The standard InChI is InChI=1S/C19H22F2N8O4S2/c1-32-18(34)22-8-12-9-28(19(31)33-12)11-6-13(20)15(14(21)7-11)27-3-2-24-29(5-4-27)17(30)25-16-26-23-10-35-16/h6-7,10,12,24H,2-5,8-9H2,1H3,(H,22,34)(H,25,26,30)/t12-/m0/s1. The number of thiocarbonyl (C=S) groups is 1. The molecule has 4 rings (SSSR count). The SMILES string of the molecule is COC(=S)NC[C@H]1CN(c2cc(F)c(N3CCNN(C(=O)Nc4nncs4)CC3)c(F)c2)C(=O)O1. The quantitative estimate of drug-likeness (QED) is 0.492. The average Bonchev–Trinajstić information content (AvgIpc) is 3.40. The minimum Gasteiger partial charge on any atom is -0.474 e. The number of halogens is 2. The molecular formula is C19H22F2N8O4S2. The lowest BCUT2D eigenvalue weighted by Gasteiger charge is -2.25. The third-order valence-corrected chi connectivity index (χ3v) is 6.18. The fourth-order valence-electron chi connectivity index (χ4n) is 3.63. The number of carbonyl (C=O) groups is 2. The molecule has 0 bridgehead atoms. The fourth-order valence-corrected chi connectivity index (χ4v) is 4.15. The fraction of sp³-hybridized carbons (Fsp3) is 0.421.